The van der Waals surface area contributed by atoms with E-state index < -0.39 is 11.6 Å². The van der Waals surface area contributed by atoms with Crippen LogP contribution in [0.15, 0.2) is 23.3 Å². The molecule has 23 heavy (non-hydrogen) atoms. The molecule has 0 bridgehead atoms. The lowest BCUT2D eigenvalue weighted by atomic mass is 9.77. The van der Waals surface area contributed by atoms with Crippen LogP contribution in [-0.4, -0.2) is 28.7 Å². The van der Waals surface area contributed by atoms with Crippen LogP contribution in [0, 0.1) is 19.8 Å². The molecule has 0 radical (unpaired) electrons. The lowest BCUT2D eigenvalue weighted by Crippen LogP contribution is -2.49. The van der Waals surface area contributed by atoms with Crippen molar-refractivity contribution >= 4 is 18.2 Å². The normalized spacial score (nSPS) is 28.0. The van der Waals surface area contributed by atoms with Crippen LogP contribution in [0.3, 0.4) is 0 Å². The van der Waals surface area contributed by atoms with Gasteiger partial charge in [0.2, 0.25) is 0 Å². The number of carbonyl (C=O) groups excluding carboxylic acids is 2. The van der Waals surface area contributed by atoms with Gasteiger partial charge in [0.25, 0.3) is 5.91 Å². The number of carbonyl (C=O) groups is 2. The number of urea groups is 1. The van der Waals surface area contributed by atoms with Gasteiger partial charge >= 0.3 is 6.03 Å². The minimum Gasteiger partial charge on any atom is -0.321 e. The van der Waals surface area contributed by atoms with Crippen LogP contribution in [0.25, 0.3) is 0 Å². The van der Waals surface area contributed by atoms with Gasteiger partial charge in [-0.15, -0.1) is 5.01 Å². The first-order valence-electron chi connectivity index (χ1n) is 8.19. The average Bonchev–Trinajstić information content (AvgIpc) is 2.75. The van der Waals surface area contributed by atoms with E-state index in [4.69, 9.17) is 0 Å². The van der Waals surface area contributed by atoms with Crippen LogP contribution in [0.1, 0.15) is 49.3 Å². The predicted octanol–water partition coefficient (Wildman–Crippen LogP) is 3.14. The van der Waals surface area contributed by atoms with E-state index in [9.17, 15) is 9.59 Å². The molecule has 122 valence electrons. The highest BCUT2D eigenvalue weighted by Crippen LogP contribution is 2.36. The van der Waals surface area contributed by atoms with Gasteiger partial charge in [-0.3, -0.25) is 4.79 Å². The molecule has 1 heterocycles. The summed E-state index contributed by atoms with van der Waals surface area (Å²) in [5.41, 5.74) is 2.37. The maximum absolute atomic E-state index is 12.7. The summed E-state index contributed by atoms with van der Waals surface area (Å²) in [6, 6.07) is 5.62. The second-order valence-electron chi connectivity index (χ2n) is 6.92. The highest BCUT2D eigenvalue weighted by molar-refractivity contribution is 6.07. The largest absolute Gasteiger partial charge is 0.346 e. The number of rotatable bonds is 2. The standard InChI is InChI=1S/C18H23N3O2/c1-12-6-8-18(9-7-12)16(22)21(17(23)20-18)19-11-15-10-13(2)4-5-14(15)3/h4-5,10-12H,6-9H2,1-3H3,(H,20,23)/b19-11-. The van der Waals surface area contributed by atoms with Crippen molar-refractivity contribution in [2.24, 2.45) is 11.0 Å². The highest BCUT2D eigenvalue weighted by atomic mass is 16.2. The van der Waals surface area contributed by atoms with Gasteiger partial charge in [-0.2, -0.15) is 5.10 Å². The fraction of sp³-hybridized carbons (Fsp3) is 0.500. The van der Waals surface area contributed by atoms with Crippen molar-refractivity contribution in [2.45, 2.75) is 52.0 Å². The maximum atomic E-state index is 12.7. The molecule has 3 amide bonds. The second kappa shape index (κ2) is 5.80. The molecule has 5 heteroatoms. The molecule has 1 saturated heterocycles. The third-order valence-electron chi connectivity index (χ3n) is 5.02. The second-order valence-corrected chi connectivity index (χ2v) is 6.92. The topological polar surface area (TPSA) is 61.8 Å². The Kier molecular flexibility index (Phi) is 3.96. The molecule has 1 aromatic carbocycles. The molecular formula is C18H23N3O2. The molecule has 5 nitrogen and oxygen atoms in total. The van der Waals surface area contributed by atoms with Crippen molar-refractivity contribution in [1.29, 1.82) is 0 Å². The first-order chi connectivity index (χ1) is 10.9. The highest BCUT2D eigenvalue weighted by Gasteiger charge is 2.52. The van der Waals surface area contributed by atoms with Crippen LogP contribution in [0.4, 0.5) is 4.79 Å². The third-order valence-corrected chi connectivity index (χ3v) is 5.02. The number of nitrogens with zero attached hydrogens (tertiary/aromatic N) is 2. The van der Waals surface area contributed by atoms with Crippen LogP contribution in [0.2, 0.25) is 0 Å². The smallest absolute Gasteiger partial charge is 0.321 e. The molecule has 1 spiro atoms. The van der Waals surface area contributed by atoms with E-state index in [2.05, 4.69) is 17.3 Å². The summed E-state index contributed by atoms with van der Waals surface area (Å²) in [7, 11) is 0. The molecule has 1 aromatic rings. The summed E-state index contributed by atoms with van der Waals surface area (Å²) in [4.78, 5) is 24.9. The number of hydrogen-bond acceptors (Lipinski definition) is 3. The van der Waals surface area contributed by atoms with Crippen LogP contribution < -0.4 is 5.32 Å². The summed E-state index contributed by atoms with van der Waals surface area (Å²) in [6.45, 7) is 6.17. The monoisotopic (exact) mass is 313 g/mol. The van der Waals surface area contributed by atoms with Crippen molar-refractivity contribution in [3.05, 3.63) is 34.9 Å². The van der Waals surface area contributed by atoms with Crippen molar-refractivity contribution in [3.8, 4) is 0 Å². The van der Waals surface area contributed by atoms with Crippen LogP contribution in [0.5, 0.6) is 0 Å². The summed E-state index contributed by atoms with van der Waals surface area (Å²) in [5, 5.41) is 8.05. The Balaban J connectivity index is 1.81. The van der Waals surface area contributed by atoms with Crippen LogP contribution >= 0.6 is 0 Å². The van der Waals surface area contributed by atoms with Crippen molar-refractivity contribution in [2.75, 3.05) is 0 Å². The molecular weight excluding hydrogens is 290 g/mol. The summed E-state index contributed by atoms with van der Waals surface area (Å²) in [5.74, 6) is 0.397. The van der Waals surface area contributed by atoms with E-state index in [1.54, 1.807) is 6.21 Å². The van der Waals surface area contributed by atoms with Gasteiger partial charge in [-0.25, -0.2) is 4.79 Å². The summed E-state index contributed by atoms with van der Waals surface area (Å²) in [6.07, 6.45) is 4.92. The summed E-state index contributed by atoms with van der Waals surface area (Å²) >= 11 is 0. The lowest BCUT2D eigenvalue weighted by Gasteiger charge is -2.33. The number of aryl methyl sites for hydroxylation is 2. The van der Waals surface area contributed by atoms with Gasteiger partial charge in [0.1, 0.15) is 5.54 Å². The zero-order valence-electron chi connectivity index (χ0n) is 13.9. The van der Waals surface area contributed by atoms with Gasteiger partial charge in [0.15, 0.2) is 0 Å². The molecule has 3 rings (SSSR count). The number of amides is 3. The molecule has 1 aliphatic heterocycles. The van der Waals surface area contributed by atoms with Gasteiger partial charge in [0.05, 0.1) is 6.21 Å². The minimum atomic E-state index is -0.734. The lowest BCUT2D eigenvalue weighted by molar-refractivity contribution is -0.132. The molecule has 2 aliphatic rings. The minimum absolute atomic E-state index is 0.212. The number of benzene rings is 1. The predicted molar refractivity (Wildman–Crippen MR) is 89.3 cm³/mol. The van der Waals surface area contributed by atoms with E-state index in [-0.39, 0.29) is 5.91 Å². The summed E-state index contributed by atoms with van der Waals surface area (Å²) < 4.78 is 0. The molecule has 1 N–H and O–H groups in total. The average molecular weight is 313 g/mol. The first kappa shape index (κ1) is 15.7. The SMILES string of the molecule is Cc1ccc(C)c(/C=N\N2C(=O)NC3(CCC(C)CC3)C2=O)c1. The third kappa shape index (κ3) is 2.87. The molecule has 0 unspecified atom stereocenters. The Morgan fingerprint density at radius 1 is 1.26 bits per heavy atom. The number of hydrogen-bond donors (Lipinski definition) is 1. The number of nitrogens with one attached hydrogen (secondary N) is 1. The fourth-order valence-corrected chi connectivity index (χ4v) is 3.32. The van der Waals surface area contributed by atoms with Crippen LogP contribution in [-0.2, 0) is 4.79 Å². The molecule has 2 fully saturated rings. The van der Waals surface area contributed by atoms with E-state index in [0.29, 0.717) is 18.8 Å². The van der Waals surface area contributed by atoms with E-state index in [1.165, 1.54) is 0 Å². The Bertz CT molecular complexity index is 673. The molecule has 0 atom stereocenters. The van der Waals surface area contributed by atoms with Crippen molar-refractivity contribution in [1.82, 2.24) is 10.3 Å². The Morgan fingerprint density at radius 2 is 1.96 bits per heavy atom. The van der Waals surface area contributed by atoms with E-state index >= 15 is 0 Å². The van der Waals surface area contributed by atoms with E-state index in [0.717, 1.165) is 34.5 Å². The quantitative estimate of drug-likeness (QED) is 0.673. The van der Waals surface area contributed by atoms with Gasteiger partial charge in [-0.05, 0) is 56.6 Å². The first-order valence-corrected chi connectivity index (χ1v) is 8.19. The number of imide groups is 1. The zero-order chi connectivity index (χ0) is 16.6. The van der Waals surface area contributed by atoms with E-state index in [1.807, 2.05) is 32.0 Å². The Labute approximate surface area is 136 Å². The number of hydrazone groups is 1. The molecule has 0 aromatic heterocycles. The van der Waals surface area contributed by atoms with Gasteiger partial charge < -0.3 is 5.32 Å². The molecule has 1 saturated carbocycles. The van der Waals surface area contributed by atoms with Crippen molar-refractivity contribution in [3.63, 3.8) is 0 Å². The maximum Gasteiger partial charge on any atom is 0.346 e. The van der Waals surface area contributed by atoms with Crippen molar-refractivity contribution < 1.29 is 9.59 Å². The Morgan fingerprint density at radius 3 is 2.65 bits per heavy atom. The fourth-order valence-electron chi connectivity index (χ4n) is 3.32. The molecule has 1 aliphatic carbocycles. The van der Waals surface area contributed by atoms with Gasteiger partial charge in [0, 0.05) is 0 Å². The van der Waals surface area contributed by atoms with Gasteiger partial charge in [-0.1, -0.05) is 30.7 Å². The Hall–Kier alpha value is -2.17. The zero-order valence-corrected chi connectivity index (χ0v) is 13.9.